The van der Waals surface area contributed by atoms with Crippen LogP contribution in [0.2, 0.25) is 0 Å². The molecule has 0 rings (SSSR count). The molecule has 0 heterocycles. The number of rotatable bonds is 49. The van der Waals surface area contributed by atoms with Crippen LogP contribution in [0.4, 0.5) is 0 Å². The molecule has 0 amide bonds. The Hall–Kier alpha value is -1.59. The van der Waals surface area contributed by atoms with Gasteiger partial charge in [-0.05, 0) is 31.1 Å². The van der Waals surface area contributed by atoms with Crippen molar-refractivity contribution in [3.05, 3.63) is 0 Å². The van der Waals surface area contributed by atoms with Crippen molar-refractivity contribution in [2.24, 2.45) is 11.8 Å². The van der Waals surface area contributed by atoms with Crippen molar-refractivity contribution in [3.8, 4) is 0 Å². The molecular formula is C55H106O6. The topological polar surface area (TPSA) is 78.9 Å². The van der Waals surface area contributed by atoms with Gasteiger partial charge in [0, 0.05) is 19.3 Å². The first-order valence-corrected chi connectivity index (χ1v) is 27.2. The quantitative estimate of drug-likeness (QED) is 0.0344. The predicted octanol–water partition coefficient (Wildman–Crippen LogP) is 17.7. The Kier molecular flexibility index (Phi) is 46.6. The summed E-state index contributed by atoms with van der Waals surface area (Å²) in [5.41, 5.74) is 0. The third kappa shape index (κ3) is 49.3. The smallest absolute Gasteiger partial charge is 0.306 e. The van der Waals surface area contributed by atoms with Crippen molar-refractivity contribution in [1.82, 2.24) is 0 Å². The second-order valence-electron chi connectivity index (χ2n) is 19.8. The molecule has 0 aromatic rings. The van der Waals surface area contributed by atoms with Crippen molar-refractivity contribution in [3.63, 3.8) is 0 Å². The number of carbonyl (C=O) groups is 3. The Bertz CT molecular complexity index is 931. The van der Waals surface area contributed by atoms with Crippen LogP contribution in [-0.2, 0) is 28.6 Å². The maximum atomic E-state index is 12.8. The van der Waals surface area contributed by atoms with Crippen LogP contribution in [0.1, 0.15) is 304 Å². The highest BCUT2D eigenvalue weighted by Gasteiger charge is 2.19. The average molecular weight is 863 g/mol. The molecule has 0 aliphatic heterocycles. The fourth-order valence-electron chi connectivity index (χ4n) is 8.34. The summed E-state index contributed by atoms with van der Waals surface area (Å²) in [6, 6.07) is 0. The van der Waals surface area contributed by atoms with E-state index in [1.807, 2.05) is 0 Å². The molecule has 362 valence electrons. The van der Waals surface area contributed by atoms with Crippen LogP contribution in [0.15, 0.2) is 0 Å². The van der Waals surface area contributed by atoms with Gasteiger partial charge in [0.2, 0.25) is 0 Å². The zero-order chi connectivity index (χ0) is 44.7. The predicted molar refractivity (Wildman–Crippen MR) is 261 cm³/mol. The first-order chi connectivity index (χ1) is 29.7. The van der Waals surface area contributed by atoms with E-state index in [1.165, 1.54) is 193 Å². The molecule has 0 saturated carbocycles. The van der Waals surface area contributed by atoms with Crippen molar-refractivity contribution in [2.75, 3.05) is 13.2 Å². The van der Waals surface area contributed by atoms with E-state index in [-0.39, 0.29) is 31.1 Å². The number of carbonyl (C=O) groups excluding carboxylic acids is 3. The Labute approximate surface area is 380 Å². The molecule has 0 unspecified atom stereocenters. The van der Waals surface area contributed by atoms with Gasteiger partial charge < -0.3 is 14.2 Å². The lowest BCUT2D eigenvalue weighted by Gasteiger charge is -2.18. The molecular weight excluding hydrogens is 757 g/mol. The summed E-state index contributed by atoms with van der Waals surface area (Å²) in [4.78, 5) is 38.0. The van der Waals surface area contributed by atoms with E-state index in [0.29, 0.717) is 19.3 Å². The molecule has 0 fully saturated rings. The van der Waals surface area contributed by atoms with Gasteiger partial charge >= 0.3 is 17.9 Å². The van der Waals surface area contributed by atoms with Crippen LogP contribution in [0.3, 0.4) is 0 Å². The third-order valence-corrected chi connectivity index (χ3v) is 12.5. The van der Waals surface area contributed by atoms with E-state index in [2.05, 4.69) is 34.6 Å². The molecule has 0 aliphatic carbocycles. The number of hydrogen-bond donors (Lipinski definition) is 0. The van der Waals surface area contributed by atoms with Crippen LogP contribution >= 0.6 is 0 Å². The number of ether oxygens (including phenoxy) is 3. The largest absolute Gasteiger partial charge is 0.462 e. The summed E-state index contributed by atoms with van der Waals surface area (Å²) in [6.07, 6.45) is 49.4. The summed E-state index contributed by atoms with van der Waals surface area (Å²) in [5.74, 6) is 0.834. The normalized spacial score (nSPS) is 12.0. The van der Waals surface area contributed by atoms with Gasteiger partial charge in [0.15, 0.2) is 6.10 Å². The van der Waals surface area contributed by atoms with E-state index in [9.17, 15) is 14.4 Å². The summed E-state index contributed by atoms with van der Waals surface area (Å²) in [5, 5.41) is 0. The van der Waals surface area contributed by atoms with E-state index in [0.717, 1.165) is 69.6 Å². The SMILES string of the molecule is CCCCCCCCCCCCCC(=O)OC[C@@H](COC(=O)CCCCCCCCCCCCCCCC(C)C)OC(=O)CCCCCCCCCCCCCCCC(C)C. The second-order valence-corrected chi connectivity index (χ2v) is 19.8. The monoisotopic (exact) mass is 863 g/mol. The second kappa shape index (κ2) is 47.9. The van der Waals surface area contributed by atoms with Crippen molar-refractivity contribution in [2.45, 2.75) is 310 Å². The molecule has 0 radical (unpaired) electrons. The lowest BCUT2D eigenvalue weighted by molar-refractivity contribution is -0.167. The van der Waals surface area contributed by atoms with Crippen molar-refractivity contribution in [1.29, 1.82) is 0 Å². The average Bonchev–Trinajstić information content (AvgIpc) is 3.23. The molecule has 0 N–H and O–H groups in total. The van der Waals surface area contributed by atoms with Gasteiger partial charge in [-0.15, -0.1) is 0 Å². The van der Waals surface area contributed by atoms with Crippen LogP contribution in [-0.4, -0.2) is 37.2 Å². The fraction of sp³-hybridized carbons (Fsp3) is 0.945. The standard InChI is InChI=1S/C55H106O6/c1-6-7-8-9-10-11-18-25-30-35-40-45-53(56)59-48-52(61-55(58)47-42-37-32-27-22-17-13-15-20-24-29-34-39-44-51(4)5)49-60-54(57)46-41-36-31-26-21-16-12-14-19-23-28-33-38-43-50(2)3/h50-52H,6-49H2,1-5H3/t52-/m0/s1. The van der Waals surface area contributed by atoms with Crippen molar-refractivity contribution >= 4 is 17.9 Å². The van der Waals surface area contributed by atoms with Crippen LogP contribution in [0.25, 0.3) is 0 Å². The molecule has 0 saturated heterocycles. The van der Waals surface area contributed by atoms with Crippen LogP contribution in [0, 0.1) is 11.8 Å². The minimum atomic E-state index is -0.761. The molecule has 0 spiro atoms. The molecule has 61 heavy (non-hydrogen) atoms. The molecule has 0 aliphatic rings. The number of esters is 3. The highest BCUT2D eigenvalue weighted by Crippen LogP contribution is 2.18. The maximum Gasteiger partial charge on any atom is 0.306 e. The lowest BCUT2D eigenvalue weighted by atomic mass is 10.0. The zero-order valence-corrected chi connectivity index (χ0v) is 41.8. The van der Waals surface area contributed by atoms with Crippen molar-refractivity contribution < 1.29 is 28.6 Å². The first kappa shape index (κ1) is 59.4. The van der Waals surface area contributed by atoms with E-state index < -0.39 is 6.10 Å². The Morgan fingerprint density at radius 1 is 0.311 bits per heavy atom. The van der Waals surface area contributed by atoms with Gasteiger partial charge in [-0.1, -0.05) is 266 Å². The van der Waals surface area contributed by atoms with Gasteiger partial charge in [0.05, 0.1) is 0 Å². The Balaban J connectivity index is 4.29. The zero-order valence-electron chi connectivity index (χ0n) is 41.8. The number of unbranched alkanes of at least 4 members (excludes halogenated alkanes) is 34. The van der Waals surface area contributed by atoms with E-state index in [4.69, 9.17) is 14.2 Å². The summed E-state index contributed by atoms with van der Waals surface area (Å²) in [7, 11) is 0. The van der Waals surface area contributed by atoms with Gasteiger partial charge in [-0.25, -0.2) is 0 Å². The van der Waals surface area contributed by atoms with Gasteiger partial charge in [0.1, 0.15) is 13.2 Å². The summed E-state index contributed by atoms with van der Waals surface area (Å²) >= 11 is 0. The fourth-order valence-corrected chi connectivity index (χ4v) is 8.34. The number of hydrogen-bond acceptors (Lipinski definition) is 6. The molecule has 1 atom stereocenters. The van der Waals surface area contributed by atoms with Crippen LogP contribution in [0.5, 0.6) is 0 Å². The summed E-state index contributed by atoms with van der Waals surface area (Å²) < 4.78 is 16.8. The van der Waals surface area contributed by atoms with Crippen LogP contribution < -0.4 is 0 Å². The Morgan fingerprint density at radius 2 is 0.541 bits per heavy atom. The Morgan fingerprint density at radius 3 is 0.803 bits per heavy atom. The van der Waals surface area contributed by atoms with Gasteiger partial charge in [-0.2, -0.15) is 0 Å². The molecule has 0 aromatic carbocycles. The highest BCUT2D eigenvalue weighted by molar-refractivity contribution is 5.71. The molecule has 0 aromatic heterocycles. The first-order valence-electron chi connectivity index (χ1n) is 27.2. The maximum absolute atomic E-state index is 12.8. The minimum Gasteiger partial charge on any atom is -0.462 e. The summed E-state index contributed by atoms with van der Waals surface area (Å²) in [6.45, 7) is 11.4. The van der Waals surface area contributed by atoms with E-state index >= 15 is 0 Å². The minimum absolute atomic E-state index is 0.0631. The lowest BCUT2D eigenvalue weighted by Crippen LogP contribution is -2.30. The molecule has 6 heteroatoms. The highest BCUT2D eigenvalue weighted by atomic mass is 16.6. The van der Waals surface area contributed by atoms with Gasteiger partial charge in [-0.3, -0.25) is 14.4 Å². The van der Waals surface area contributed by atoms with Gasteiger partial charge in [0.25, 0.3) is 0 Å². The third-order valence-electron chi connectivity index (χ3n) is 12.5. The molecule has 6 nitrogen and oxygen atoms in total. The molecule has 0 bridgehead atoms. The van der Waals surface area contributed by atoms with E-state index in [1.54, 1.807) is 0 Å².